The Morgan fingerprint density at radius 3 is 2.60 bits per heavy atom. The van der Waals surface area contributed by atoms with Crippen LogP contribution in [0.4, 0.5) is 0 Å². The van der Waals surface area contributed by atoms with Gasteiger partial charge in [-0.25, -0.2) is 4.68 Å². The number of aliphatic hydroxyl groups is 1. The van der Waals surface area contributed by atoms with Gasteiger partial charge in [0.25, 0.3) is 5.56 Å². The van der Waals surface area contributed by atoms with Crippen molar-refractivity contribution in [1.29, 1.82) is 0 Å². The molecule has 6 nitrogen and oxygen atoms in total. The van der Waals surface area contributed by atoms with Gasteiger partial charge in [-0.1, -0.05) is 0 Å². The van der Waals surface area contributed by atoms with Crippen LogP contribution in [0.3, 0.4) is 0 Å². The molecule has 25 heavy (non-hydrogen) atoms. The molecule has 2 aliphatic carbocycles. The molecule has 4 rings (SSSR count). The maximum absolute atomic E-state index is 12.3. The largest absolute Gasteiger partial charge is 0.391 e. The average Bonchev–Trinajstić information content (AvgIpc) is 3.06. The number of aromatic nitrogens is 2. The lowest BCUT2D eigenvalue weighted by atomic mass is 9.97. The summed E-state index contributed by atoms with van der Waals surface area (Å²) in [6.07, 6.45) is 7.49. The highest BCUT2D eigenvalue weighted by Crippen LogP contribution is 2.25. The van der Waals surface area contributed by atoms with Gasteiger partial charge in [-0.05, 0) is 50.5 Å². The molecule has 1 N–H and O–H groups in total. The molecule has 2 fully saturated rings. The summed E-state index contributed by atoms with van der Waals surface area (Å²) in [5, 5.41) is 14.7. The van der Waals surface area contributed by atoms with Crippen LogP contribution in [-0.4, -0.2) is 69.6 Å². The summed E-state index contributed by atoms with van der Waals surface area (Å²) < 4.78 is 1.66. The number of fused-ring (bicyclic) bond motifs is 1. The molecule has 1 saturated heterocycles. The molecular weight excluding hydrogens is 316 g/mol. The summed E-state index contributed by atoms with van der Waals surface area (Å²) in [7, 11) is 0. The Hall–Kier alpha value is -1.24. The van der Waals surface area contributed by atoms with Gasteiger partial charge < -0.3 is 5.11 Å². The zero-order valence-electron chi connectivity index (χ0n) is 15.1. The molecule has 1 aromatic rings. The van der Waals surface area contributed by atoms with E-state index in [9.17, 15) is 9.90 Å². The van der Waals surface area contributed by atoms with E-state index in [0.717, 1.165) is 76.1 Å². The Morgan fingerprint density at radius 2 is 1.84 bits per heavy atom. The molecule has 6 heteroatoms. The van der Waals surface area contributed by atoms with Gasteiger partial charge in [-0.15, -0.1) is 0 Å². The molecule has 3 aliphatic rings. The maximum Gasteiger partial charge on any atom is 0.267 e. The normalized spacial score (nSPS) is 28.2. The summed E-state index contributed by atoms with van der Waals surface area (Å²) in [5.74, 6) is 0. The second-order valence-corrected chi connectivity index (χ2v) is 7.83. The van der Waals surface area contributed by atoms with E-state index in [2.05, 4.69) is 14.9 Å². The Morgan fingerprint density at radius 1 is 1.04 bits per heavy atom. The van der Waals surface area contributed by atoms with E-state index in [4.69, 9.17) is 0 Å². The molecule has 0 bridgehead atoms. The van der Waals surface area contributed by atoms with E-state index in [0.29, 0.717) is 12.6 Å². The number of hydrogen-bond donors (Lipinski definition) is 1. The predicted octanol–water partition coefficient (Wildman–Crippen LogP) is 0.653. The van der Waals surface area contributed by atoms with Gasteiger partial charge in [0, 0.05) is 44.8 Å². The van der Waals surface area contributed by atoms with Crippen LogP contribution >= 0.6 is 0 Å². The van der Waals surface area contributed by atoms with Crippen molar-refractivity contribution in [3.8, 4) is 0 Å². The van der Waals surface area contributed by atoms with Crippen molar-refractivity contribution in [1.82, 2.24) is 19.6 Å². The first-order valence-electron chi connectivity index (χ1n) is 9.95. The van der Waals surface area contributed by atoms with Crippen LogP contribution in [0, 0.1) is 0 Å². The van der Waals surface area contributed by atoms with Crippen molar-refractivity contribution in [3.05, 3.63) is 27.7 Å². The van der Waals surface area contributed by atoms with E-state index in [1.165, 1.54) is 12.8 Å². The molecule has 1 aromatic heterocycles. The highest BCUT2D eigenvalue weighted by atomic mass is 16.3. The minimum atomic E-state index is -0.134. The third-order valence-electron chi connectivity index (χ3n) is 6.22. The summed E-state index contributed by atoms with van der Waals surface area (Å²) in [5.41, 5.74) is 2.34. The SMILES string of the molecule is O=c1cc2c(nn1CCN1CCN(C3CCCC3O)CC1)CCCC2. The molecule has 1 aliphatic heterocycles. The summed E-state index contributed by atoms with van der Waals surface area (Å²) >= 11 is 0. The molecular formula is C19H30N4O2. The van der Waals surface area contributed by atoms with Gasteiger partial charge in [-0.3, -0.25) is 14.6 Å². The Kier molecular flexibility index (Phi) is 5.20. The van der Waals surface area contributed by atoms with Gasteiger partial charge in [0.1, 0.15) is 0 Å². The Labute approximate surface area is 149 Å². The third-order valence-corrected chi connectivity index (χ3v) is 6.22. The van der Waals surface area contributed by atoms with Gasteiger partial charge >= 0.3 is 0 Å². The first-order valence-corrected chi connectivity index (χ1v) is 9.95. The number of piperazine rings is 1. The fourth-order valence-corrected chi connectivity index (χ4v) is 4.66. The maximum atomic E-state index is 12.3. The van der Waals surface area contributed by atoms with Crippen molar-refractivity contribution in [2.24, 2.45) is 0 Å². The molecule has 2 atom stereocenters. The number of aliphatic hydroxyl groups excluding tert-OH is 1. The number of aryl methyl sites for hydroxylation is 2. The van der Waals surface area contributed by atoms with Crippen molar-refractivity contribution >= 4 is 0 Å². The van der Waals surface area contributed by atoms with Gasteiger partial charge in [-0.2, -0.15) is 5.10 Å². The number of rotatable bonds is 4. The lowest BCUT2D eigenvalue weighted by molar-refractivity contribution is 0.0344. The topological polar surface area (TPSA) is 61.6 Å². The van der Waals surface area contributed by atoms with Crippen LogP contribution in [0.1, 0.15) is 43.4 Å². The van der Waals surface area contributed by atoms with Crippen molar-refractivity contribution in [2.75, 3.05) is 32.7 Å². The van der Waals surface area contributed by atoms with Crippen molar-refractivity contribution < 1.29 is 5.11 Å². The third kappa shape index (κ3) is 3.81. The van der Waals surface area contributed by atoms with E-state index < -0.39 is 0 Å². The molecule has 2 heterocycles. The minimum Gasteiger partial charge on any atom is -0.391 e. The van der Waals surface area contributed by atoms with Crippen LogP contribution in [0.25, 0.3) is 0 Å². The number of nitrogens with zero attached hydrogens (tertiary/aromatic N) is 4. The first kappa shape index (κ1) is 17.2. The van der Waals surface area contributed by atoms with Crippen LogP contribution in [0.5, 0.6) is 0 Å². The average molecular weight is 346 g/mol. The first-order chi connectivity index (χ1) is 12.2. The molecule has 0 aromatic carbocycles. The smallest absolute Gasteiger partial charge is 0.267 e. The van der Waals surface area contributed by atoms with E-state index in [1.54, 1.807) is 10.7 Å². The quantitative estimate of drug-likeness (QED) is 0.868. The van der Waals surface area contributed by atoms with E-state index >= 15 is 0 Å². The van der Waals surface area contributed by atoms with Crippen LogP contribution in [0.2, 0.25) is 0 Å². The predicted molar refractivity (Wildman–Crippen MR) is 96.8 cm³/mol. The second kappa shape index (κ2) is 7.56. The minimum absolute atomic E-state index is 0.0494. The highest BCUT2D eigenvalue weighted by Gasteiger charge is 2.32. The van der Waals surface area contributed by atoms with Crippen molar-refractivity contribution in [3.63, 3.8) is 0 Å². The fraction of sp³-hybridized carbons (Fsp3) is 0.789. The van der Waals surface area contributed by atoms with Crippen LogP contribution in [-0.2, 0) is 19.4 Å². The molecule has 0 amide bonds. The lowest BCUT2D eigenvalue weighted by Crippen LogP contribution is -2.52. The second-order valence-electron chi connectivity index (χ2n) is 7.83. The van der Waals surface area contributed by atoms with Gasteiger partial charge in [0.15, 0.2) is 0 Å². The summed E-state index contributed by atoms with van der Waals surface area (Å²) in [6.45, 7) is 5.64. The fourth-order valence-electron chi connectivity index (χ4n) is 4.66. The Bertz CT molecular complexity index is 651. The highest BCUT2D eigenvalue weighted by molar-refractivity contribution is 5.20. The summed E-state index contributed by atoms with van der Waals surface area (Å²) in [6, 6.07) is 2.17. The summed E-state index contributed by atoms with van der Waals surface area (Å²) in [4.78, 5) is 17.1. The lowest BCUT2D eigenvalue weighted by Gasteiger charge is -2.39. The van der Waals surface area contributed by atoms with E-state index in [1.807, 2.05) is 0 Å². The molecule has 2 unspecified atom stereocenters. The van der Waals surface area contributed by atoms with Crippen LogP contribution < -0.4 is 5.56 Å². The number of hydrogen-bond acceptors (Lipinski definition) is 5. The van der Waals surface area contributed by atoms with Crippen LogP contribution in [0.15, 0.2) is 10.9 Å². The monoisotopic (exact) mass is 346 g/mol. The standard InChI is InChI=1S/C19H30N4O2/c24-18-7-3-6-17(18)22-11-8-21(9-12-22)10-13-23-19(25)14-15-4-1-2-5-16(15)20-23/h14,17-18,24H,1-13H2. The van der Waals surface area contributed by atoms with E-state index in [-0.39, 0.29) is 11.7 Å². The Balaban J connectivity index is 1.30. The zero-order chi connectivity index (χ0) is 17.2. The van der Waals surface area contributed by atoms with Crippen molar-refractivity contribution in [2.45, 2.75) is 63.6 Å². The molecule has 0 spiro atoms. The van der Waals surface area contributed by atoms with Gasteiger partial charge in [0.05, 0.1) is 18.3 Å². The molecule has 138 valence electrons. The zero-order valence-corrected chi connectivity index (χ0v) is 15.1. The molecule has 0 radical (unpaired) electrons. The molecule has 1 saturated carbocycles. The van der Waals surface area contributed by atoms with Gasteiger partial charge in [0.2, 0.25) is 0 Å².